The van der Waals surface area contributed by atoms with Gasteiger partial charge in [0.2, 0.25) is 0 Å². The van der Waals surface area contributed by atoms with Crippen LogP contribution >= 0.6 is 0 Å². The Morgan fingerprint density at radius 2 is 2.18 bits per heavy atom. The summed E-state index contributed by atoms with van der Waals surface area (Å²) in [5.41, 5.74) is 6.99. The first kappa shape index (κ1) is 11.7. The molecule has 0 aliphatic carbocycles. The molecule has 0 radical (unpaired) electrons. The fraction of sp³-hybridized carbons (Fsp3) is 0.250. The summed E-state index contributed by atoms with van der Waals surface area (Å²) in [6.07, 6.45) is 0.615. The zero-order valence-corrected chi connectivity index (χ0v) is 9.37. The fourth-order valence-corrected chi connectivity index (χ4v) is 1.65. The third-order valence-electron chi connectivity index (χ3n) is 2.40. The molecule has 0 aliphatic rings. The number of nitrogens with zero attached hydrogens (tertiary/aromatic N) is 1. The van der Waals surface area contributed by atoms with Crippen LogP contribution in [0.25, 0.3) is 11.3 Å². The number of hydrogen-bond acceptors (Lipinski definition) is 2. The molecule has 1 unspecified atom stereocenters. The molecule has 1 atom stereocenters. The van der Waals surface area contributed by atoms with Crippen molar-refractivity contribution in [3.63, 3.8) is 0 Å². The summed E-state index contributed by atoms with van der Waals surface area (Å²) in [5, 5.41) is 6.72. The molecule has 0 saturated heterocycles. The maximum Gasteiger partial charge on any atom is 0.168 e. The normalized spacial score (nSPS) is 12.7. The lowest BCUT2D eigenvalue weighted by molar-refractivity contribution is 0.511. The van der Waals surface area contributed by atoms with Crippen LogP contribution in [-0.4, -0.2) is 16.2 Å². The Bertz CT molecular complexity index is 520. The second-order valence-electron chi connectivity index (χ2n) is 4.06. The molecule has 1 aromatic carbocycles. The van der Waals surface area contributed by atoms with E-state index in [1.807, 2.05) is 6.92 Å². The van der Waals surface area contributed by atoms with E-state index in [1.165, 1.54) is 12.1 Å². The third-order valence-corrected chi connectivity index (χ3v) is 2.40. The average molecular weight is 237 g/mol. The van der Waals surface area contributed by atoms with Crippen molar-refractivity contribution in [1.29, 1.82) is 0 Å². The van der Waals surface area contributed by atoms with Crippen LogP contribution in [0.1, 0.15) is 12.6 Å². The first-order valence-corrected chi connectivity index (χ1v) is 5.32. The molecule has 1 aromatic heterocycles. The van der Waals surface area contributed by atoms with E-state index >= 15 is 0 Å². The molecule has 3 N–H and O–H groups in total. The Hall–Kier alpha value is -1.75. The predicted octanol–water partition coefficient (Wildman–Crippen LogP) is 2.24. The molecule has 0 bridgehead atoms. The second kappa shape index (κ2) is 4.63. The van der Waals surface area contributed by atoms with E-state index < -0.39 is 11.6 Å². The first-order valence-electron chi connectivity index (χ1n) is 5.32. The SMILES string of the molecule is CC(N)Cc1cc(-c2cccc(F)c2F)n[nH]1. The largest absolute Gasteiger partial charge is 0.328 e. The third kappa shape index (κ3) is 2.50. The van der Waals surface area contributed by atoms with Gasteiger partial charge in [0, 0.05) is 23.7 Å². The number of nitrogens with one attached hydrogen (secondary N) is 1. The Kier molecular flexibility index (Phi) is 3.19. The van der Waals surface area contributed by atoms with Crippen LogP contribution in [0, 0.1) is 11.6 Å². The van der Waals surface area contributed by atoms with Crippen LogP contribution in [0.4, 0.5) is 8.78 Å². The minimum absolute atomic E-state index is 0.0133. The van der Waals surface area contributed by atoms with E-state index in [9.17, 15) is 8.78 Å². The lowest BCUT2D eigenvalue weighted by Crippen LogP contribution is -2.17. The molecule has 1 heterocycles. The maximum atomic E-state index is 13.5. The number of benzene rings is 1. The van der Waals surface area contributed by atoms with Gasteiger partial charge in [0.25, 0.3) is 0 Å². The molecule has 0 aliphatic heterocycles. The molecular weight excluding hydrogens is 224 g/mol. The van der Waals surface area contributed by atoms with Gasteiger partial charge in [0.1, 0.15) is 0 Å². The monoisotopic (exact) mass is 237 g/mol. The van der Waals surface area contributed by atoms with Crippen molar-refractivity contribution >= 4 is 0 Å². The van der Waals surface area contributed by atoms with E-state index in [4.69, 9.17) is 5.73 Å². The lowest BCUT2D eigenvalue weighted by Gasteiger charge is -2.00. The first-order chi connectivity index (χ1) is 8.08. The van der Waals surface area contributed by atoms with Crippen LogP contribution in [0.2, 0.25) is 0 Å². The van der Waals surface area contributed by atoms with Gasteiger partial charge in [-0.15, -0.1) is 0 Å². The van der Waals surface area contributed by atoms with Crippen molar-refractivity contribution in [3.05, 3.63) is 41.6 Å². The second-order valence-corrected chi connectivity index (χ2v) is 4.06. The number of rotatable bonds is 3. The molecule has 90 valence electrons. The number of hydrogen-bond donors (Lipinski definition) is 2. The summed E-state index contributed by atoms with van der Waals surface area (Å²) in [6, 6.07) is 5.69. The average Bonchev–Trinajstić information content (AvgIpc) is 2.69. The van der Waals surface area contributed by atoms with E-state index in [1.54, 1.807) is 6.07 Å². The molecule has 0 spiro atoms. The molecule has 5 heteroatoms. The molecular formula is C12H13F2N3. The number of aromatic amines is 1. The van der Waals surface area contributed by atoms with E-state index in [-0.39, 0.29) is 11.6 Å². The van der Waals surface area contributed by atoms with Gasteiger partial charge >= 0.3 is 0 Å². The van der Waals surface area contributed by atoms with Gasteiger partial charge in [-0.05, 0) is 25.1 Å². The summed E-state index contributed by atoms with van der Waals surface area (Å²) in [6.45, 7) is 1.86. The van der Waals surface area contributed by atoms with E-state index in [0.29, 0.717) is 12.1 Å². The number of H-pyrrole nitrogens is 1. The highest BCUT2D eigenvalue weighted by Gasteiger charge is 2.12. The standard InChI is InChI=1S/C12H13F2N3/c1-7(15)5-8-6-11(17-16-8)9-3-2-4-10(13)12(9)14/h2-4,6-7H,5,15H2,1H3,(H,16,17). The number of halogens is 2. The highest BCUT2D eigenvalue weighted by atomic mass is 19.2. The fourth-order valence-electron chi connectivity index (χ4n) is 1.65. The summed E-state index contributed by atoms with van der Waals surface area (Å²) in [4.78, 5) is 0. The van der Waals surface area contributed by atoms with Crippen LogP contribution in [0.5, 0.6) is 0 Å². The van der Waals surface area contributed by atoms with E-state index in [0.717, 1.165) is 11.8 Å². The van der Waals surface area contributed by atoms with Crippen molar-refractivity contribution in [2.24, 2.45) is 5.73 Å². The van der Waals surface area contributed by atoms with Crippen molar-refractivity contribution in [1.82, 2.24) is 10.2 Å². The summed E-state index contributed by atoms with van der Waals surface area (Å²) in [5.74, 6) is -1.76. The summed E-state index contributed by atoms with van der Waals surface area (Å²) in [7, 11) is 0. The Morgan fingerprint density at radius 3 is 2.88 bits per heavy atom. The number of nitrogens with two attached hydrogens (primary N) is 1. The Labute approximate surface area is 97.7 Å². The van der Waals surface area contributed by atoms with E-state index in [2.05, 4.69) is 10.2 Å². The Morgan fingerprint density at radius 1 is 1.41 bits per heavy atom. The molecule has 0 fully saturated rings. The van der Waals surface area contributed by atoms with Crippen LogP contribution in [-0.2, 0) is 6.42 Å². The molecule has 2 aromatic rings. The zero-order valence-electron chi connectivity index (χ0n) is 9.37. The van der Waals surface area contributed by atoms with Crippen molar-refractivity contribution in [3.8, 4) is 11.3 Å². The van der Waals surface area contributed by atoms with Crippen molar-refractivity contribution < 1.29 is 8.78 Å². The molecule has 0 amide bonds. The van der Waals surface area contributed by atoms with Gasteiger partial charge < -0.3 is 5.73 Å². The highest BCUT2D eigenvalue weighted by Crippen LogP contribution is 2.23. The Balaban J connectivity index is 2.34. The summed E-state index contributed by atoms with van der Waals surface area (Å²) >= 11 is 0. The maximum absolute atomic E-state index is 13.5. The molecule has 17 heavy (non-hydrogen) atoms. The van der Waals surface area contributed by atoms with Crippen molar-refractivity contribution in [2.75, 3.05) is 0 Å². The highest BCUT2D eigenvalue weighted by molar-refractivity contribution is 5.60. The lowest BCUT2D eigenvalue weighted by atomic mass is 10.1. The van der Waals surface area contributed by atoms with Gasteiger partial charge in [-0.1, -0.05) is 6.07 Å². The van der Waals surface area contributed by atoms with Gasteiger partial charge in [-0.25, -0.2) is 8.78 Å². The molecule has 0 saturated carbocycles. The van der Waals surface area contributed by atoms with Gasteiger partial charge in [-0.2, -0.15) is 5.10 Å². The van der Waals surface area contributed by atoms with Crippen molar-refractivity contribution in [2.45, 2.75) is 19.4 Å². The molecule has 3 nitrogen and oxygen atoms in total. The minimum atomic E-state index is -0.883. The van der Waals surface area contributed by atoms with Gasteiger partial charge in [0.05, 0.1) is 5.69 Å². The van der Waals surface area contributed by atoms with Crippen LogP contribution in [0.15, 0.2) is 24.3 Å². The van der Waals surface area contributed by atoms with Crippen LogP contribution < -0.4 is 5.73 Å². The quantitative estimate of drug-likeness (QED) is 0.860. The smallest absolute Gasteiger partial charge is 0.168 e. The topological polar surface area (TPSA) is 54.7 Å². The molecule has 2 rings (SSSR count). The number of aromatic nitrogens is 2. The minimum Gasteiger partial charge on any atom is -0.328 e. The van der Waals surface area contributed by atoms with Gasteiger partial charge in [-0.3, -0.25) is 5.10 Å². The van der Waals surface area contributed by atoms with Crippen LogP contribution in [0.3, 0.4) is 0 Å². The predicted molar refractivity (Wildman–Crippen MR) is 61.3 cm³/mol. The van der Waals surface area contributed by atoms with Gasteiger partial charge in [0.15, 0.2) is 11.6 Å². The zero-order chi connectivity index (χ0) is 12.4. The summed E-state index contributed by atoms with van der Waals surface area (Å²) < 4.78 is 26.6.